The van der Waals surface area contributed by atoms with Crippen LogP contribution in [0.4, 0.5) is 4.79 Å². The highest BCUT2D eigenvalue weighted by atomic mass is 35.6. The molecule has 0 aliphatic rings. The molecule has 13 heavy (non-hydrogen) atoms. The molecule has 0 unspecified atom stereocenters. The molecule has 7 heteroatoms. The molecule has 0 saturated heterocycles. The highest BCUT2D eigenvalue weighted by Gasteiger charge is 2.33. The maximum atomic E-state index is 10.8. The number of rotatable bonds is 3. The van der Waals surface area contributed by atoms with Gasteiger partial charge in [-0.3, -0.25) is 5.32 Å². The van der Waals surface area contributed by atoms with E-state index in [9.17, 15) is 4.79 Å². The van der Waals surface area contributed by atoms with Gasteiger partial charge in [0.2, 0.25) is 3.79 Å². The first-order valence-electron chi connectivity index (χ1n) is 3.56. The second-order valence-corrected chi connectivity index (χ2v) is 4.54. The van der Waals surface area contributed by atoms with Gasteiger partial charge in [-0.1, -0.05) is 41.7 Å². The predicted octanol–water partition coefficient (Wildman–Crippen LogP) is 1.65. The van der Waals surface area contributed by atoms with E-state index in [0.29, 0.717) is 6.54 Å². The minimum atomic E-state index is -1.61. The SMILES string of the molecule is CCN[C@H](NC(=O)OC)C(Cl)(Cl)Cl. The Hall–Kier alpha value is 0.1000. The Labute approximate surface area is 91.8 Å². The minimum Gasteiger partial charge on any atom is -0.453 e. The third kappa shape index (κ3) is 5.41. The Morgan fingerprint density at radius 3 is 2.38 bits per heavy atom. The number of ether oxygens (including phenoxy) is 1. The summed E-state index contributed by atoms with van der Waals surface area (Å²) in [6.07, 6.45) is -1.42. The van der Waals surface area contributed by atoms with Crippen molar-refractivity contribution in [2.75, 3.05) is 13.7 Å². The third-order valence-electron chi connectivity index (χ3n) is 1.18. The Bertz CT molecular complexity index is 172. The molecule has 0 aromatic rings. The monoisotopic (exact) mass is 248 g/mol. The fourth-order valence-electron chi connectivity index (χ4n) is 0.629. The van der Waals surface area contributed by atoms with E-state index in [0.717, 1.165) is 0 Å². The maximum Gasteiger partial charge on any atom is 0.408 e. The second kappa shape index (κ2) is 5.75. The normalized spacial score (nSPS) is 13.6. The number of alkyl halides is 3. The van der Waals surface area contributed by atoms with Gasteiger partial charge in [0, 0.05) is 0 Å². The van der Waals surface area contributed by atoms with E-state index in [2.05, 4.69) is 15.4 Å². The van der Waals surface area contributed by atoms with Crippen molar-refractivity contribution in [1.82, 2.24) is 10.6 Å². The van der Waals surface area contributed by atoms with Crippen molar-refractivity contribution in [3.05, 3.63) is 0 Å². The smallest absolute Gasteiger partial charge is 0.408 e. The molecule has 0 fully saturated rings. The molecule has 0 aromatic carbocycles. The molecule has 2 N–H and O–H groups in total. The van der Waals surface area contributed by atoms with Crippen LogP contribution in [-0.2, 0) is 4.74 Å². The zero-order valence-electron chi connectivity index (χ0n) is 7.23. The lowest BCUT2D eigenvalue weighted by Crippen LogP contribution is -2.53. The number of amides is 1. The highest BCUT2D eigenvalue weighted by molar-refractivity contribution is 6.68. The number of carbonyl (C=O) groups is 1. The van der Waals surface area contributed by atoms with Gasteiger partial charge in [0.05, 0.1) is 7.11 Å². The number of methoxy groups -OCH3 is 1. The van der Waals surface area contributed by atoms with E-state index in [-0.39, 0.29) is 0 Å². The lowest BCUT2D eigenvalue weighted by Gasteiger charge is -2.25. The van der Waals surface area contributed by atoms with Crippen LogP contribution in [0.15, 0.2) is 0 Å². The van der Waals surface area contributed by atoms with Crippen LogP contribution >= 0.6 is 34.8 Å². The average molecular weight is 250 g/mol. The fraction of sp³-hybridized carbons (Fsp3) is 0.833. The van der Waals surface area contributed by atoms with Crippen LogP contribution in [0.25, 0.3) is 0 Å². The van der Waals surface area contributed by atoms with E-state index in [1.807, 2.05) is 6.92 Å². The molecule has 78 valence electrons. The largest absolute Gasteiger partial charge is 0.453 e. The minimum absolute atomic E-state index is 0.558. The van der Waals surface area contributed by atoms with E-state index in [1.165, 1.54) is 7.11 Å². The van der Waals surface area contributed by atoms with Gasteiger partial charge in [-0.15, -0.1) is 0 Å². The lowest BCUT2D eigenvalue weighted by atomic mass is 10.5. The number of carbonyl (C=O) groups excluding carboxylic acids is 1. The number of hydrogen-bond donors (Lipinski definition) is 2. The van der Waals surface area contributed by atoms with E-state index in [1.54, 1.807) is 0 Å². The zero-order chi connectivity index (χ0) is 10.5. The molecular formula is C6H11Cl3N2O2. The number of alkyl carbamates (subject to hydrolysis) is 1. The molecule has 4 nitrogen and oxygen atoms in total. The van der Waals surface area contributed by atoms with Gasteiger partial charge in [0.1, 0.15) is 6.17 Å². The number of nitrogens with one attached hydrogen (secondary N) is 2. The fourth-order valence-corrected chi connectivity index (χ4v) is 1.02. The molecule has 0 saturated carbocycles. The summed E-state index contributed by atoms with van der Waals surface area (Å²) in [7, 11) is 1.23. The Balaban J connectivity index is 4.18. The number of halogens is 3. The van der Waals surface area contributed by atoms with Crippen LogP contribution in [0, 0.1) is 0 Å². The Morgan fingerprint density at radius 2 is 2.08 bits per heavy atom. The second-order valence-electron chi connectivity index (χ2n) is 2.17. The molecule has 0 aromatic heterocycles. The van der Waals surface area contributed by atoms with Gasteiger partial charge in [-0.2, -0.15) is 0 Å². The topological polar surface area (TPSA) is 50.4 Å². The first-order chi connectivity index (χ1) is 5.91. The van der Waals surface area contributed by atoms with Crippen LogP contribution in [-0.4, -0.2) is 29.7 Å². The van der Waals surface area contributed by atoms with Gasteiger partial charge in [0.15, 0.2) is 0 Å². The van der Waals surface area contributed by atoms with E-state index in [4.69, 9.17) is 34.8 Å². The molecule has 1 atom stereocenters. The first-order valence-corrected chi connectivity index (χ1v) is 4.69. The van der Waals surface area contributed by atoms with Gasteiger partial charge in [0.25, 0.3) is 0 Å². The summed E-state index contributed by atoms with van der Waals surface area (Å²) in [6, 6.07) is 0. The van der Waals surface area contributed by atoms with Gasteiger partial charge in [-0.25, -0.2) is 4.79 Å². The summed E-state index contributed by atoms with van der Waals surface area (Å²) in [5, 5.41) is 5.12. The molecule has 0 bridgehead atoms. The van der Waals surface area contributed by atoms with Crippen molar-refractivity contribution >= 4 is 40.9 Å². The standard InChI is InChI=1S/C6H11Cl3N2O2/c1-3-10-4(6(7,8)9)11-5(12)13-2/h4,10H,3H2,1-2H3,(H,11,12)/t4-/m1/s1. The van der Waals surface area contributed by atoms with Gasteiger partial charge < -0.3 is 10.1 Å². The molecule has 1 amide bonds. The predicted molar refractivity (Wildman–Crippen MR) is 53.3 cm³/mol. The summed E-state index contributed by atoms with van der Waals surface area (Å²) in [6.45, 7) is 2.38. The van der Waals surface area contributed by atoms with Crippen LogP contribution in [0.5, 0.6) is 0 Å². The van der Waals surface area contributed by atoms with Crippen LogP contribution in [0.3, 0.4) is 0 Å². The molecular weight excluding hydrogens is 238 g/mol. The van der Waals surface area contributed by atoms with Crippen molar-refractivity contribution in [1.29, 1.82) is 0 Å². The van der Waals surface area contributed by atoms with Crippen molar-refractivity contribution in [3.63, 3.8) is 0 Å². The summed E-state index contributed by atoms with van der Waals surface area (Å²) >= 11 is 16.7. The quantitative estimate of drug-likeness (QED) is 0.591. The average Bonchev–Trinajstić information content (AvgIpc) is 2.01. The highest BCUT2D eigenvalue weighted by Crippen LogP contribution is 2.28. The van der Waals surface area contributed by atoms with E-state index < -0.39 is 16.1 Å². The Morgan fingerprint density at radius 1 is 1.54 bits per heavy atom. The molecule has 0 aliphatic heterocycles. The van der Waals surface area contributed by atoms with Crippen molar-refractivity contribution in [3.8, 4) is 0 Å². The first kappa shape index (κ1) is 13.1. The lowest BCUT2D eigenvalue weighted by molar-refractivity contribution is 0.164. The maximum absolute atomic E-state index is 10.8. The van der Waals surface area contributed by atoms with Crippen LogP contribution < -0.4 is 10.6 Å². The van der Waals surface area contributed by atoms with Crippen molar-refractivity contribution in [2.24, 2.45) is 0 Å². The molecule has 0 rings (SSSR count). The van der Waals surface area contributed by atoms with Crippen LogP contribution in [0.1, 0.15) is 6.92 Å². The molecule has 0 aliphatic carbocycles. The zero-order valence-corrected chi connectivity index (χ0v) is 9.50. The third-order valence-corrected chi connectivity index (χ3v) is 1.84. The Kier molecular flexibility index (Phi) is 5.80. The summed E-state index contributed by atoms with van der Waals surface area (Å²) in [5.41, 5.74) is 0. The van der Waals surface area contributed by atoms with Gasteiger partial charge >= 0.3 is 6.09 Å². The van der Waals surface area contributed by atoms with Crippen LogP contribution in [0.2, 0.25) is 0 Å². The number of hydrogen-bond acceptors (Lipinski definition) is 3. The summed E-state index contributed by atoms with van der Waals surface area (Å²) in [4.78, 5) is 10.8. The summed E-state index contributed by atoms with van der Waals surface area (Å²) < 4.78 is 2.75. The van der Waals surface area contributed by atoms with Crippen molar-refractivity contribution in [2.45, 2.75) is 16.9 Å². The van der Waals surface area contributed by atoms with Crippen molar-refractivity contribution < 1.29 is 9.53 Å². The van der Waals surface area contributed by atoms with Gasteiger partial charge in [-0.05, 0) is 6.54 Å². The molecule has 0 heterocycles. The molecule has 0 spiro atoms. The summed E-state index contributed by atoms with van der Waals surface area (Å²) in [5.74, 6) is 0. The van der Waals surface area contributed by atoms with E-state index >= 15 is 0 Å². The molecule has 0 radical (unpaired) electrons.